The highest BCUT2D eigenvalue weighted by Gasteiger charge is 2.26. The molecule has 1 amide bonds. The van der Waals surface area contributed by atoms with Crippen LogP contribution in [0.2, 0.25) is 5.02 Å². The largest absolute Gasteiger partial charge is 0.362 e. The van der Waals surface area contributed by atoms with Crippen LogP contribution >= 0.6 is 11.6 Å². The van der Waals surface area contributed by atoms with Crippen molar-refractivity contribution in [3.8, 4) is 0 Å². The predicted molar refractivity (Wildman–Crippen MR) is 92.6 cm³/mol. The molecule has 0 unspecified atom stereocenters. The lowest BCUT2D eigenvalue weighted by atomic mass is 10.1. The Morgan fingerprint density at radius 1 is 1.12 bits per heavy atom. The van der Waals surface area contributed by atoms with Gasteiger partial charge in [-0.3, -0.25) is 14.9 Å². The summed E-state index contributed by atoms with van der Waals surface area (Å²) >= 11 is 5.92. The van der Waals surface area contributed by atoms with Crippen LogP contribution in [0.3, 0.4) is 0 Å². The van der Waals surface area contributed by atoms with Gasteiger partial charge in [0.1, 0.15) is 11.5 Å². The Balaban J connectivity index is 1.72. The molecule has 8 heteroatoms. The summed E-state index contributed by atoms with van der Waals surface area (Å²) in [6.45, 7) is 1.69. The minimum absolute atomic E-state index is 0.129. The summed E-state index contributed by atoms with van der Waals surface area (Å²) in [7, 11) is 0. The molecule has 1 aliphatic rings. The fraction of sp³-hybridized carbons (Fsp3) is 0.235. The van der Waals surface area contributed by atoms with E-state index in [0.29, 0.717) is 42.5 Å². The number of nitro groups is 1. The zero-order chi connectivity index (χ0) is 18.0. The molecule has 2 aromatic rings. The molecule has 0 aliphatic carbocycles. The maximum absolute atomic E-state index is 13.3. The molecular weight excluding hydrogens is 349 g/mol. The number of carbonyl (C=O) groups excluding carboxylic acids is 1. The molecule has 0 aromatic heterocycles. The first-order valence-corrected chi connectivity index (χ1v) is 8.07. The zero-order valence-electron chi connectivity index (χ0n) is 13.2. The number of rotatable bonds is 3. The first kappa shape index (κ1) is 17.2. The van der Waals surface area contributed by atoms with E-state index in [1.54, 1.807) is 34.1 Å². The first-order valence-electron chi connectivity index (χ1n) is 7.69. The zero-order valence-corrected chi connectivity index (χ0v) is 13.9. The van der Waals surface area contributed by atoms with Crippen molar-refractivity contribution in [2.24, 2.45) is 0 Å². The lowest BCUT2D eigenvalue weighted by Crippen LogP contribution is -2.49. The highest BCUT2D eigenvalue weighted by molar-refractivity contribution is 6.30. The normalized spacial score (nSPS) is 14.5. The van der Waals surface area contributed by atoms with Gasteiger partial charge < -0.3 is 9.80 Å². The molecule has 1 aliphatic heterocycles. The number of anilines is 1. The lowest BCUT2D eigenvalue weighted by Gasteiger charge is -2.35. The molecule has 25 heavy (non-hydrogen) atoms. The van der Waals surface area contributed by atoms with Crippen molar-refractivity contribution in [1.82, 2.24) is 4.90 Å². The number of hydrogen-bond acceptors (Lipinski definition) is 4. The quantitative estimate of drug-likeness (QED) is 0.619. The van der Waals surface area contributed by atoms with E-state index in [1.165, 1.54) is 12.1 Å². The van der Waals surface area contributed by atoms with Gasteiger partial charge in [-0.1, -0.05) is 17.7 Å². The summed E-state index contributed by atoms with van der Waals surface area (Å²) in [6.07, 6.45) is 0. The molecule has 0 spiro atoms. The van der Waals surface area contributed by atoms with Crippen LogP contribution < -0.4 is 4.90 Å². The van der Waals surface area contributed by atoms with Crippen molar-refractivity contribution in [2.75, 3.05) is 31.1 Å². The van der Waals surface area contributed by atoms with Gasteiger partial charge in [0.05, 0.1) is 11.0 Å². The number of hydrogen-bond donors (Lipinski definition) is 0. The van der Waals surface area contributed by atoms with E-state index in [9.17, 15) is 19.3 Å². The van der Waals surface area contributed by atoms with Gasteiger partial charge in [-0.05, 0) is 30.3 Å². The molecule has 0 atom stereocenters. The fourth-order valence-corrected chi connectivity index (χ4v) is 3.06. The molecule has 2 aromatic carbocycles. The Hall–Kier alpha value is -2.67. The summed E-state index contributed by atoms with van der Waals surface area (Å²) in [5, 5.41) is 11.6. The second-order valence-electron chi connectivity index (χ2n) is 5.68. The average Bonchev–Trinajstić information content (AvgIpc) is 2.61. The van der Waals surface area contributed by atoms with E-state index in [-0.39, 0.29) is 11.6 Å². The molecule has 0 N–H and O–H groups in total. The third-order valence-electron chi connectivity index (χ3n) is 4.11. The highest BCUT2D eigenvalue weighted by Crippen LogP contribution is 2.29. The van der Waals surface area contributed by atoms with Crippen molar-refractivity contribution in [3.05, 3.63) is 69.0 Å². The average molecular weight is 364 g/mol. The minimum Gasteiger partial charge on any atom is -0.362 e. The topological polar surface area (TPSA) is 66.7 Å². The summed E-state index contributed by atoms with van der Waals surface area (Å²) in [6, 6.07) is 10.2. The van der Waals surface area contributed by atoms with Gasteiger partial charge in [0, 0.05) is 36.8 Å². The van der Waals surface area contributed by atoms with Gasteiger partial charge in [-0.25, -0.2) is 4.39 Å². The van der Waals surface area contributed by atoms with Crippen LogP contribution in [0.25, 0.3) is 0 Å². The molecule has 0 radical (unpaired) electrons. The number of piperazine rings is 1. The second-order valence-corrected chi connectivity index (χ2v) is 6.12. The maximum atomic E-state index is 13.3. The first-order chi connectivity index (χ1) is 12.0. The second kappa shape index (κ2) is 7.06. The third-order valence-corrected chi connectivity index (χ3v) is 4.35. The van der Waals surface area contributed by atoms with E-state index in [1.807, 2.05) is 0 Å². The number of halogens is 2. The minimum atomic E-state index is -0.648. The smallest absolute Gasteiger partial charge is 0.295 e. The van der Waals surface area contributed by atoms with Crippen LogP contribution in [0.5, 0.6) is 0 Å². The molecule has 1 fully saturated rings. The summed E-state index contributed by atoms with van der Waals surface area (Å²) in [5.41, 5.74) is 0.601. The van der Waals surface area contributed by atoms with Crippen LogP contribution in [-0.4, -0.2) is 41.9 Å². The molecule has 1 saturated heterocycles. The molecular formula is C17H15ClFN3O3. The van der Waals surface area contributed by atoms with Crippen LogP contribution in [0.4, 0.5) is 15.8 Å². The van der Waals surface area contributed by atoms with Crippen LogP contribution in [0.15, 0.2) is 42.5 Å². The number of nitrogens with zero attached hydrogens (tertiary/aromatic N) is 3. The lowest BCUT2D eigenvalue weighted by molar-refractivity contribution is -0.384. The molecule has 6 nitrogen and oxygen atoms in total. The Morgan fingerprint density at radius 2 is 1.84 bits per heavy atom. The third kappa shape index (κ3) is 3.71. The standard InChI is InChI=1S/C17H15ClFN3O3/c18-13-3-1-2-12(10-13)17(23)21-8-6-20(7-9-21)15-5-4-14(19)11-16(15)22(24)25/h1-5,10-11H,6-9H2. The molecule has 0 bridgehead atoms. The summed E-state index contributed by atoms with van der Waals surface area (Å²) in [4.78, 5) is 26.5. The van der Waals surface area contributed by atoms with E-state index in [4.69, 9.17) is 11.6 Å². The SMILES string of the molecule is O=C(c1cccc(Cl)c1)N1CCN(c2ccc(F)cc2[N+](=O)[O-])CC1. The Morgan fingerprint density at radius 3 is 2.48 bits per heavy atom. The highest BCUT2D eigenvalue weighted by atomic mass is 35.5. The molecule has 1 heterocycles. The van der Waals surface area contributed by atoms with Gasteiger partial charge in [-0.15, -0.1) is 0 Å². The van der Waals surface area contributed by atoms with Gasteiger partial charge in [0.2, 0.25) is 0 Å². The van der Waals surface area contributed by atoms with Gasteiger partial charge >= 0.3 is 0 Å². The van der Waals surface area contributed by atoms with Gasteiger partial charge in [-0.2, -0.15) is 0 Å². The van der Waals surface area contributed by atoms with Crippen molar-refractivity contribution < 1.29 is 14.1 Å². The van der Waals surface area contributed by atoms with E-state index < -0.39 is 10.7 Å². The number of benzene rings is 2. The van der Waals surface area contributed by atoms with Crippen molar-refractivity contribution in [2.45, 2.75) is 0 Å². The molecule has 3 rings (SSSR count). The van der Waals surface area contributed by atoms with Gasteiger partial charge in [0.15, 0.2) is 0 Å². The Kier molecular flexibility index (Phi) is 4.85. The molecule has 130 valence electrons. The number of nitro benzene ring substituents is 1. The monoisotopic (exact) mass is 363 g/mol. The maximum Gasteiger partial charge on any atom is 0.295 e. The summed E-state index contributed by atoms with van der Waals surface area (Å²) < 4.78 is 13.3. The number of carbonyl (C=O) groups is 1. The van der Waals surface area contributed by atoms with Crippen molar-refractivity contribution in [1.29, 1.82) is 0 Å². The Bertz CT molecular complexity index is 823. The fourth-order valence-electron chi connectivity index (χ4n) is 2.86. The summed E-state index contributed by atoms with van der Waals surface area (Å²) in [5.74, 6) is -0.777. The van der Waals surface area contributed by atoms with Crippen LogP contribution in [-0.2, 0) is 0 Å². The van der Waals surface area contributed by atoms with Crippen molar-refractivity contribution >= 4 is 28.9 Å². The van der Waals surface area contributed by atoms with Crippen molar-refractivity contribution in [3.63, 3.8) is 0 Å². The van der Waals surface area contributed by atoms with E-state index in [0.717, 1.165) is 6.07 Å². The predicted octanol–water partition coefficient (Wildman–Crippen LogP) is 3.35. The Labute approximate surface area is 148 Å². The van der Waals surface area contributed by atoms with E-state index >= 15 is 0 Å². The van der Waals surface area contributed by atoms with Gasteiger partial charge in [0.25, 0.3) is 11.6 Å². The van der Waals surface area contributed by atoms with Crippen LogP contribution in [0.1, 0.15) is 10.4 Å². The molecule has 0 saturated carbocycles. The number of amides is 1. The van der Waals surface area contributed by atoms with E-state index in [2.05, 4.69) is 0 Å². The van der Waals surface area contributed by atoms with Crippen LogP contribution in [0, 0.1) is 15.9 Å².